The number of allylic oxidation sites excluding steroid dienone is 2. The fraction of sp³-hybridized carbons (Fsp3) is 0.478. The molecule has 1 aliphatic rings. The summed E-state index contributed by atoms with van der Waals surface area (Å²) < 4.78 is 2.14. The third-order valence-corrected chi connectivity index (χ3v) is 5.40. The summed E-state index contributed by atoms with van der Waals surface area (Å²) in [6.45, 7) is 0.492. The van der Waals surface area contributed by atoms with Crippen molar-refractivity contribution in [1.29, 1.82) is 0 Å². The summed E-state index contributed by atoms with van der Waals surface area (Å²) >= 11 is 0. The van der Waals surface area contributed by atoms with Gasteiger partial charge in [0.2, 0.25) is 0 Å². The number of aromatic nitrogens is 2. The van der Waals surface area contributed by atoms with Gasteiger partial charge in [0.15, 0.2) is 0 Å². The molecule has 1 fully saturated rings. The van der Waals surface area contributed by atoms with Crippen LogP contribution in [0.3, 0.4) is 0 Å². The van der Waals surface area contributed by atoms with Gasteiger partial charge in [-0.1, -0.05) is 36.8 Å². The molecule has 156 valence electrons. The molecule has 0 radical (unpaired) electrons. The first-order chi connectivity index (χ1) is 14.2. The fourth-order valence-corrected chi connectivity index (χ4v) is 3.85. The van der Waals surface area contributed by atoms with Gasteiger partial charge in [-0.25, -0.2) is 4.98 Å². The number of nitrogens with one attached hydrogen (secondary N) is 1. The van der Waals surface area contributed by atoms with Gasteiger partial charge in [-0.15, -0.1) is 0 Å². The molecule has 6 nitrogen and oxygen atoms in total. The molecule has 0 aliphatic heterocycles. The first-order valence-electron chi connectivity index (χ1n) is 10.6. The first-order valence-corrected chi connectivity index (χ1v) is 10.6. The molecule has 1 aliphatic carbocycles. The lowest BCUT2D eigenvalue weighted by Gasteiger charge is -2.28. The van der Waals surface area contributed by atoms with Crippen LogP contribution in [-0.4, -0.2) is 27.2 Å². The number of rotatable bonds is 11. The van der Waals surface area contributed by atoms with E-state index in [4.69, 9.17) is 9.94 Å². The largest absolute Gasteiger partial charge is 0.481 e. The molecule has 1 heterocycles. The normalized spacial score (nSPS) is 15.1. The molecule has 1 aromatic carbocycles. The van der Waals surface area contributed by atoms with E-state index in [-0.39, 0.29) is 12.5 Å². The molecular weight excluding hydrogens is 366 g/mol. The van der Waals surface area contributed by atoms with Gasteiger partial charge in [-0.2, -0.15) is 0 Å². The lowest BCUT2D eigenvalue weighted by Crippen LogP contribution is -2.27. The Bertz CT molecular complexity index is 764. The highest BCUT2D eigenvalue weighted by Crippen LogP contribution is 2.31. The third-order valence-electron chi connectivity index (χ3n) is 5.40. The van der Waals surface area contributed by atoms with Gasteiger partial charge in [-0.05, 0) is 56.1 Å². The van der Waals surface area contributed by atoms with Crippen LogP contribution in [0.5, 0.6) is 0 Å². The number of nitrogens with zero attached hydrogens (tertiary/aromatic N) is 2. The SMILES string of the molecule is O=C(O)CCCCONC(=C1CCCCC1)C(Cc1ccccc1)n1ccnc1. The number of carboxylic acids is 1. The Labute approximate surface area is 172 Å². The number of hydrogen-bond donors (Lipinski definition) is 2. The minimum atomic E-state index is -0.758. The molecule has 1 unspecified atom stereocenters. The van der Waals surface area contributed by atoms with Crippen molar-refractivity contribution in [3.8, 4) is 0 Å². The average molecular weight is 398 g/mol. The second kappa shape index (κ2) is 11.4. The Balaban J connectivity index is 1.75. The van der Waals surface area contributed by atoms with E-state index in [1.54, 1.807) is 0 Å². The summed E-state index contributed by atoms with van der Waals surface area (Å²) in [6.07, 6.45) is 13.9. The zero-order valence-corrected chi connectivity index (χ0v) is 16.9. The van der Waals surface area contributed by atoms with E-state index in [1.807, 2.05) is 24.8 Å². The Morgan fingerprint density at radius 1 is 1.17 bits per heavy atom. The summed E-state index contributed by atoms with van der Waals surface area (Å²) in [5, 5.41) is 8.77. The quantitative estimate of drug-likeness (QED) is 0.426. The lowest BCUT2D eigenvalue weighted by molar-refractivity contribution is -0.137. The zero-order valence-electron chi connectivity index (χ0n) is 16.9. The highest BCUT2D eigenvalue weighted by Gasteiger charge is 2.22. The van der Waals surface area contributed by atoms with Crippen LogP contribution < -0.4 is 5.48 Å². The van der Waals surface area contributed by atoms with Crippen molar-refractivity contribution < 1.29 is 14.7 Å². The van der Waals surface area contributed by atoms with Gasteiger partial charge >= 0.3 is 5.97 Å². The second-order valence-corrected chi connectivity index (χ2v) is 7.59. The molecule has 2 N–H and O–H groups in total. The van der Waals surface area contributed by atoms with Crippen molar-refractivity contribution in [3.05, 3.63) is 65.9 Å². The van der Waals surface area contributed by atoms with Crippen LogP contribution in [-0.2, 0) is 16.1 Å². The minimum absolute atomic E-state index is 0.0898. The van der Waals surface area contributed by atoms with Gasteiger partial charge in [-0.3, -0.25) is 15.1 Å². The maximum atomic E-state index is 10.7. The molecule has 29 heavy (non-hydrogen) atoms. The molecule has 1 atom stereocenters. The van der Waals surface area contributed by atoms with Gasteiger partial charge < -0.3 is 9.67 Å². The van der Waals surface area contributed by atoms with E-state index in [0.29, 0.717) is 13.0 Å². The van der Waals surface area contributed by atoms with Gasteiger partial charge in [0.1, 0.15) is 0 Å². The first kappa shape index (κ1) is 21.1. The van der Waals surface area contributed by atoms with Crippen LogP contribution in [0.1, 0.15) is 63.0 Å². The van der Waals surface area contributed by atoms with Gasteiger partial charge in [0.25, 0.3) is 0 Å². The molecule has 0 saturated heterocycles. The van der Waals surface area contributed by atoms with Crippen LogP contribution in [0.4, 0.5) is 0 Å². The van der Waals surface area contributed by atoms with Crippen LogP contribution in [0.25, 0.3) is 0 Å². The smallest absolute Gasteiger partial charge is 0.303 e. The number of unbranched alkanes of at least 4 members (excludes halogenated alkanes) is 1. The summed E-state index contributed by atoms with van der Waals surface area (Å²) in [6, 6.07) is 10.6. The molecule has 1 aromatic heterocycles. The van der Waals surface area contributed by atoms with Gasteiger partial charge in [0, 0.05) is 18.8 Å². The predicted octanol–water partition coefficient (Wildman–Crippen LogP) is 4.66. The lowest BCUT2D eigenvalue weighted by atomic mass is 9.90. The molecule has 3 rings (SSSR count). The summed E-state index contributed by atoms with van der Waals surface area (Å²) in [7, 11) is 0. The van der Waals surface area contributed by atoms with E-state index < -0.39 is 5.97 Å². The van der Waals surface area contributed by atoms with Crippen molar-refractivity contribution >= 4 is 5.97 Å². The predicted molar refractivity (Wildman–Crippen MR) is 112 cm³/mol. The maximum Gasteiger partial charge on any atom is 0.303 e. The van der Waals surface area contributed by atoms with Crippen LogP contribution >= 0.6 is 0 Å². The Morgan fingerprint density at radius 3 is 2.66 bits per heavy atom. The van der Waals surface area contributed by atoms with E-state index in [1.165, 1.54) is 30.4 Å². The van der Waals surface area contributed by atoms with E-state index in [0.717, 1.165) is 31.4 Å². The van der Waals surface area contributed by atoms with E-state index >= 15 is 0 Å². The van der Waals surface area contributed by atoms with Crippen molar-refractivity contribution in [2.45, 2.75) is 63.8 Å². The van der Waals surface area contributed by atoms with Gasteiger partial charge in [0.05, 0.1) is 24.7 Å². The van der Waals surface area contributed by atoms with Crippen molar-refractivity contribution in [2.24, 2.45) is 0 Å². The number of hydrogen-bond acceptors (Lipinski definition) is 4. The summed E-state index contributed by atoms with van der Waals surface area (Å²) in [5.41, 5.74) is 7.09. The number of imidazole rings is 1. The van der Waals surface area contributed by atoms with Crippen molar-refractivity contribution in [2.75, 3.05) is 6.61 Å². The highest BCUT2D eigenvalue weighted by molar-refractivity contribution is 5.66. The Hall–Kier alpha value is -2.60. The van der Waals surface area contributed by atoms with Crippen LogP contribution in [0.15, 0.2) is 60.3 Å². The topological polar surface area (TPSA) is 76.4 Å². The zero-order chi connectivity index (χ0) is 20.3. The standard InChI is InChI=1S/C23H31N3O3/c27-22(28)13-7-8-16-29-25-23(20-11-5-2-6-12-20)21(26-15-14-24-18-26)17-19-9-3-1-4-10-19/h1,3-4,9-10,14-15,18,21,25H,2,5-8,11-13,16-17H2,(H,27,28). The molecular formula is C23H31N3O3. The summed E-state index contributed by atoms with van der Waals surface area (Å²) in [4.78, 5) is 20.7. The summed E-state index contributed by atoms with van der Waals surface area (Å²) in [5.74, 6) is -0.758. The van der Waals surface area contributed by atoms with Crippen LogP contribution in [0.2, 0.25) is 0 Å². The number of carboxylic acid groups (broad SMARTS) is 1. The monoisotopic (exact) mass is 397 g/mol. The number of carbonyl (C=O) groups is 1. The molecule has 0 bridgehead atoms. The minimum Gasteiger partial charge on any atom is -0.481 e. The molecule has 1 saturated carbocycles. The molecule has 6 heteroatoms. The van der Waals surface area contributed by atoms with Crippen molar-refractivity contribution in [3.63, 3.8) is 0 Å². The average Bonchev–Trinajstić information content (AvgIpc) is 3.28. The molecule has 0 amide bonds. The maximum absolute atomic E-state index is 10.7. The molecule has 2 aromatic rings. The number of benzene rings is 1. The fourth-order valence-electron chi connectivity index (χ4n) is 3.85. The Morgan fingerprint density at radius 2 is 1.97 bits per heavy atom. The third kappa shape index (κ3) is 6.75. The molecule has 0 spiro atoms. The number of aliphatic carboxylic acids is 1. The van der Waals surface area contributed by atoms with Crippen LogP contribution in [0, 0.1) is 0 Å². The highest BCUT2D eigenvalue weighted by atomic mass is 16.6. The van der Waals surface area contributed by atoms with E-state index in [9.17, 15) is 4.79 Å². The van der Waals surface area contributed by atoms with Crippen molar-refractivity contribution in [1.82, 2.24) is 15.0 Å². The van der Waals surface area contributed by atoms with E-state index in [2.05, 4.69) is 39.3 Å². The Kier molecular flexibility index (Phi) is 8.31. The number of hydroxylamine groups is 1. The second-order valence-electron chi connectivity index (χ2n) is 7.59.